The molecule has 0 bridgehead atoms. The summed E-state index contributed by atoms with van der Waals surface area (Å²) in [6, 6.07) is 5.46. The summed E-state index contributed by atoms with van der Waals surface area (Å²) in [6.07, 6.45) is 0.386. The van der Waals surface area contributed by atoms with Crippen LogP contribution in [0.25, 0.3) is 0 Å². The number of carbonyl (C=O) groups is 2. The van der Waals surface area contributed by atoms with Crippen molar-refractivity contribution in [1.29, 1.82) is 0 Å². The number of halogens is 1. The summed E-state index contributed by atoms with van der Waals surface area (Å²) in [6.45, 7) is 4.37. The molecule has 5 heteroatoms. The van der Waals surface area contributed by atoms with Gasteiger partial charge in [-0.2, -0.15) is 0 Å². The molecule has 1 fully saturated rings. The summed E-state index contributed by atoms with van der Waals surface area (Å²) in [7, 11) is 0. The van der Waals surface area contributed by atoms with Crippen molar-refractivity contribution in [2.75, 3.05) is 18.0 Å². The smallest absolute Gasteiger partial charge is 0.249 e. The lowest BCUT2D eigenvalue weighted by Gasteiger charge is -2.39. The molecule has 19 heavy (non-hydrogen) atoms. The quantitative estimate of drug-likeness (QED) is 0.817. The minimum Gasteiger partial charge on any atom is -0.329 e. The van der Waals surface area contributed by atoms with E-state index in [2.05, 4.69) is 0 Å². The first-order valence-electron chi connectivity index (χ1n) is 6.41. The van der Waals surface area contributed by atoms with Gasteiger partial charge in [0.15, 0.2) is 0 Å². The van der Waals surface area contributed by atoms with E-state index in [4.69, 9.17) is 0 Å². The molecule has 0 aromatic heterocycles. The number of piperazine rings is 1. The zero-order valence-electron chi connectivity index (χ0n) is 11.1. The van der Waals surface area contributed by atoms with Crippen LogP contribution in [0.1, 0.15) is 20.3 Å². The fourth-order valence-electron chi connectivity index (χ4n) is 2.31. The standard InChI is InChI=1S/C14H17FN2O2/c1-3-13(18)16-7-8-17(14(19)10(16)2)12-6-4-5-11(15)9-12/h4-6,9-10H,3,7-8H2,1-2H3/t10-/m0/s1. The van der Waals surface area contributed by atoms with Gasteiger partial charge in [-0.1, -0.05) is 13.0 Å². The molecule has 0 N–H and O–H groups in total. The Morgan fingerprint density at radius 2 is 2.16 bits per heavy atom. The molecule has 2 amide bonds. The summed E-state index contributed by atoms with van der Waals surface area (Å²) >= 11 is 0. The molecule has 1 aliphatic heterocycles. The molecule has 1 aromatic rings. The van der Waals surface area contributed by atoms with E-state index in [0.717, 1.165) is 0 Å². The Hall–Kier alpha value is -1.91. The summed E-state index contributed by atoms with van der Waals surface area (Å²) < 4.78 is 13.2. The zero-order chi connectivity index (χ0) is 14.0. The molecule has 0 radical (unpaired) electrons. The van der Waals surface area contributed by atoms with Crippen LogP contribution in [0, 0.1) is 5.82 Å². The second-order valence-corrected chi connectivity index (χ2v) is 4.59. The molecular weight excluding hydrogens is 247 g/mol. The van der Waals surface area contributed by atoms with Gasteiger partial charge < -0.3 is 9.80 Å². The Kier molecular flexibility index (Phi) is 3.83. The highest BCUT2D eigenvalue weighted by Crippen LogP contribution is 2.21. The largest absolute Gasteiger partial charge is 0.329 e. The lowest BCUT2D eigenvalue weighted by molar-refractivity contribution is -0.140. The summed E-state index contributed by atoms with van der Waals surface area (Å²) in [5, 5.41) is 0. The molecule has 0 spiro atoms. The molecule has 1 aromatic carbocycles. The van der Waals surface area contributed by atoms with Crippen molar-refractivity contribution in [2.45, 2.75) is 26.3 Å². The molecule has 0 aliphatic carbocycles. The van der Waals surface area contributed by atoms with Gasteiger partial charge in [-0.3, -0.25) is 9.59 Å². The average molecular weight is 264 g/mol. The van der Waals surface area contributed by atoms with Gasteiger partial charge in [0.1, 0.15) is 11.9 Å². The molecule has 2 rings (SSSR count). The van der Waals surface area contributed by atoms with Gasteiger partial charge in [0.25, 0.3) is 0 Å². The van der Waals surface area contributed by atoms with Crippen molar-refractivity contribution in [3.05, 3.63) is 30.1 Å². The average Bonchev–Trinajstić information content (AvgIpc) is 2.41. The summed E-state index contributed by atoms with van der Waals surface area (Å²) in [5.41, 5.74) is 0.542. The number of rotatable bonds is 2. The van der Waals surface area contributed by atoms with E-state index in [9.17, 15) is 14.0 Å². The van der Waals surface area contributed by atoms with E-state index in [1.165, 1.54) is 17.0 Å². The maximum absolute atomic E-state index is 13.2. The van der Waals surface area contributed by atoms with Crippen LogP contribution in [0.2, 0.25) is 0 Å². The van der Waals surface area contributed by atoms with Crippen molar-refractivity contribution in [3.8, 4) is 0 Å². The minimum atomic E-state index is -0.496. The molecule has 4 nitrogen and oxygen atoms in total. The Labute approximate surface area is 111 Å². The Morgan fingerprint density at radius 1 is 1.42 bits per heavy atom. The van der Waals surface area contributed by atoms with Crippen molar-refractivity contribution in [3.63, 3.8) is 0 Å². The predicted molar refractivity (Wildman–Crippen MR) is 70.2 cm³/mol. The highest BCUT2D eigenvalue weighted by atomic mass is 19.1. The van der Waals surface area contributed by atoms with Gasteiger partial charge in [0.05, 0.1) is 0 Å². The molecule has 102 valence electrons. The lowest BCUT2D eigenvalue weighted by atomic mass is 10.1. The molecule has 1 aliphatic rings. The minimum absolute atomic E-state index is 0.0280. The number of carbonyl (C=O) groups excluding carboxylic acids is 2. The summed E-state index contributed by atoms with van der Waals surface area (Å²) in [5.74, 6) is -0.566. The number of benzene rings is 1. The molecule has 1 saturated heterocycles. The van der Waals surface area contributed by atoms with Crippen LogP contribution < -0.4 is 4.90 Å². The highest BCUT2D eigenvalue weighted by molar-refractivity contribution is 6.00. The van der Waals surface area contributed by atoms with Gasteiger partial charge in [-0.25, -0.2) is 4.39 Å². The Balaban J connectivity index is 2.20. The van der Waals surface area contributed by atoms with Crippen LogP contribution in [0.5, 0.6) is 0 Å². The van der Waals surface area contributed by atoms with Crippen molar-refractivity contribution in [1.82, 2.24) is 4.90 Å². The summed E-state index contributed by atoms with van der Waals surface area (Å²) in [4.78, 5) is 27.1. The maximum atomic E-state index is 13.2. The molecule has 0 saturated carbocycles. The van der Waals surface area contributed by atoms with Gasteiger partial charge in [-0.05, 0) is 25.1 Å². The Bertz CT molecular complexity index is 504. The van der Waals surface area contributed by atoms with E-state index in [-0.39, 0.29) is 17.6 Å². The van der Waals surface area contributed by atoms with Crippen LogP contribution in [0.4, 0.5) is 10.1 Å². The predicted octanol–water partition coefficient (Wildman–Crippen LogP) is 1.80. The number of amides is 2. The Morgan fingerprint density at radius 3 is 2.79 bits per heavy atom. The maximum Gasteiger partial charge on any atom is 0.249 e. The third kappa shape index (κ3) is 2.59. The number of hydrogen-bond donors (Lipinski definition) is 0. The van der Waals surface area contributed by atoms with Crippen molar-refractivity contribution in [2.24, 2.45) is 0 Å². The first-order chi connectivity index (χ1) is 9.04. The number of anilines is 1. The first kappa shape index (κ1) is 13.5. The van der Waals surface area contributed by atoms with Gasteiger partial charge in [0, 0.05) is 25.2 Å². The number of hydrogen-bond acceptors (Lipinski definition) is 2. The van der Waals surface area contributed by atoms with Gasteiger partial charge >= 0.3 is 0 Å². The topological polar surface area (TPSA) is 40.6 Å². The molecular formula is C14H17FN2O2. The van der Waals surface area contributed by atoms with Gasteiger partial charge in [0.2, 0.25) is 11.8 Å². The second kappa shape index (κ2) is 5.38. The monoisotopic (exact) mass is 264 g/mol. The molecule has 1 atom stereocenters. The van der Waals surface area contributed by atoms with Gasteiger partial charge in [-0.15, -0.1) is 0 Å². The zero-order valence-corrected chi connectivity index (χ0v) is 11.1. The normalized spacial score (nSPS) is 19.7. The number of nitrogens with zero attached hydrogens (tertiary/aromatic N) is 2. The lowest BCUT2D eigenvalue weighted by Crippen LogP contribution is -2.57. The van der Waals surface area contributed by atoms with Crippen LogP contribution in [-0.4, -0.2) is 35.8 Å². The molecule has 0 unspecified atom stereocenters. The van der Waals surface area contributed by atoms with E-state index in [0.29, 0.717) is 25.2 Å². The second-order valence-electron chi connectivity index (χ2n) is 4.59. The molecule has 1 heterocycles. The third-order valence-electron chi connectivity index (χ3n) is 3.40. The highest BCUT2D eigenvalue weighted by Gasteiger charge is 2.34. The SMILES string of the molecule is CCC(=O)N1CCN(c2cccc(F)c2)C(=O)[C@@H]1C. The van der Waals surface area contributed by atoms with E-state index >= 15 is 0 Å². The van der Waals surface area contributed by atoms with E-state index in [1.807, 2.05) is 0 Å². The fourth-order valence-corrected chi connectivity index (χ4v) is 2.31. The van der Waals surface area contributed by atoms with E-state index in [1.54, 1.807) is 30.9 Å². The van der Waals surface area contributed by atoms with Crippen LogP contribution in [0.15, 0.2) is 24.3 Å². The third-order valence-corrected chi connectivity index (χ3v) is 3.40. The van der Waals surface area contributed by atoms with Crippen molar-refractivity contribution >= 4 is 17.5 Å². The first-order valence-corrected chi connectivity index (χ1v) is 6.41. The van der Waals surface area contributed by atoms with Crippen LogP contribution in [-0.2, 0) is 9.59 Å². The van der Waals surface area contributed by atoms with E-state index < -0.39 is 6.04 Å². The fraction of sp³-hybridized carbons (Fsp3) is 0.429. The van der Waals surface area contributed by atoms with Crippen molar-refractivity contribution < 1.29 is 14.0 Å². The van der Waals surface area contributed by atoms with Crippen LogP contribution in [0.3, 0.4) is 0 Å². The van der Waals surface area contributed by atoms with Crippen LogP contribution >= 0.6 is 0 Å².